The van der Waals surface area contributed by atoms with Gasteiger partial charge >= 0.3 is 0 Å². The molecular weight excluding hydrogens is 208 g/mol. The molecule has 0 fully saturated rings. The summed E-state index contributed by atoms with van der Waals surface area (Å²) in [4.78, 5) is 11.1. The van der Waals surface area contributed by atoms with Gasteiger partial charge < -0.3 is 0 Å². The molecule has 14 heavy (non-hydrogen) atoms. The van der Waals surface area contributed by atoms with Crippen molar-refractivity contribution < 1.29 is 4.79 Å². The highest BCUT2D eigenvalue weighted by molar-refractivity contribution is 8.04. The summed E-state index contributed by atoms with van der Waals surface area (Å²) in [7, 11) is -1.44. The Kier molecular flexibility index (Phi) is 5.68. The van der Waals surface area contributed by atoms with Gasteiger partial charge in [0, 0.05) is 5.25 Å². The van der Waals surface area contributed by atoms with Gasteiger partial charge in [0.2, 0.25) is 0 Å². The van der Waals surface area contributed by atoms with E-state index in [4.69, 9.17) is 0 Å². The minimum absolute atomic E-state index is 0.263. The molecule has 0 saturated heterocycles. The molecule has 0 aliphatic heterocycles. The molecule has 0 aromatic heterocycles. The van der Waals surface area contributed by atoms with Gasteiger partial charge in [-0.05, 0) is 17.1 Å². The average Bonchev–Trinajstić information content (AvgIpc) is 1.99. The highest BCUT2D eigenvalue weighted by Crippen LogP contribution is 2.05. The van der Waals surface area contributed by atoms with Crippen molar-refractivity contribution in [3.8, 4) is 22.6 Å². The summed E-state index contributed by atoms with van der Waals surface area (Å²) in [5.41, 5.74) is 2.99. The minimum atomic E-state index is -1.44. The van der Waals surface area contributed by atoms with Crippen LogP contribution in [0.2, 0.25) is 19.6 Å². The van der Waals surface area contributed by atoms with E-state index in [0.717, 1.165) is 0 Å². The molecule has 0 radical (unpaired) electrons. The first-order valence-corrected chi connectivity index (χ1v) is 8.93. The molecule has 0 bridgehead atoms. The lowest BCUT2D eigenvalue weighted by Gasteiger charge is -2.01. The Hall–Kier alpha value is -0.643. The Morgan fingerprint density at radius 2 is 1.79 bits per heavy atom. The zero-order chi connectivity index (χ0) is 11.2. The summed E-state index contributed by atoms with van der Waals surface area (Å²) >= 11 is 1.45. The lowest BCUT2D eigenvalue weighted by atomic mass is 10.4. The van der Waals surface area contributed by atoms with Crippen molar-refractivity contribution in [2.75, 3.05) is 0 Å². The van der Waals surface area contributed by atoms with Crippen molar-refractivity contribution in [1.29, 1.82) is 0 Å². The van der Waals surface area contributed by atoms with Crippen LogP contribution in [0.15, 0.2) is 0 Å². The zero-order valence-corrected chi connectivity index (χ0v) is 11.2. The standard InChI is InChI=1S/C11H16OSSi/c1-10(2)13-8-6-11(12)7-9-14(3,4)5/h10H,1-5H3. The number of hydrogen-bond donors (Lipinski definition) is 0. The van der Waals surface area contributed by atoms with E-state index >= 15 is 0 Å². The molecular formula is C11H16OSSi. The van der Waals surface area contributed by atoms with E-state index in [-0.39, 0.29) is 5.78 Å². The maximum Gasteiger partial charge on any atom is 0.279 e. The van der Waals surface area contributed by atoms with Crippen molar-refractivity contribution in [2.24, 2.45) is 0 Å². The second-order valence-corrected chi connectivity index (χ2v) is 10.4. The third-order valence-corrected chi connectivity index (χ3v) is 2.58. The third-order valence-electron chi connectivity index (χ3n) is 1.01. The van der Waals surface area contributed by atoms with Crippen LogP contribution >= 0.6 is 11.8 Å². The lowest BCUT2D eigenvalue weighted by molar-refractivity contribution is -0.108. The van der Waals surface area contributed by atoms with E-state index in [1.54, 1.807) is 0 Å². The molecule has 0 heterocycles. The predicted octanol–water partition coefficient (Wildman–Crippen LogP) is 2.54. The number of carbonyl (C=O) groups excluding carboxylic acids is 1. The van der Waals surface area contributed by atoms with Gasteiger partial charge in [0.25, 0.3) is 5.78 Å². The van der Waals surface area contributed by atoms with Crippen molar-refractivity contribution in [1.82, 2.24) is 0 Å². The molecule has 0 rings (SSSR count). The average molecular weight is 224 g/mol. The summed E-state index contributed by atoms with van der Waals surface area (Å²) in [5.74, 6) is 4.83. The van der Waals surface area contributed by atoms with Crippen LogP contribution in [0.4, 0.5) is 0 Å². The van der Waals surface area contributed by atoms with E-state index in [1.807, 2.05) is 13.8 Å². The molecule has 0 spiro atoms. The second kappa shape index (κ2) is 5.96. The highest BCUT2D eigenvalue weighted by atomic mass is 32.2. The van der Waals surface area contributed by atoms with Crippen LogP contribution in [-0.4, -0.2) is 19.1 Å². The van der Waals surface area contributed by atoms with Crippen LogP contribution in [0.25, 0.3) is 0 Å². The summed E-state index contributed by atoms with van der Waals surface area (Å²) in [6.45, 7) is 10.4. The van der Waals surface area contributed by atoms with E-state index in [9.17, 15) is 4.79 Å². The molecule has 0 aromatic carbocycles. The summed E-state index contributed by atoms with van der Waals surface area (Å²) in [6, 6.07) is 0. The molecule has 0 atom stereocenters. The molecule has 3 heteroatoms. The Bertz CT molecular complexity index is 317. The monoisotopic (exact) mass is 224 g/mol. The van der Waals surface area contributed by atoms with Gasteiger partial charge in [0.15, 0.2) is 0 Å². The first kappa shape index (κ1) is 13.4. The number of thioether (sulfide) groups is 1. The quantitative estimate of drug-likeness (QED) is 0.503. The van der Waals surface area contributed by atoms with E-state index in [0.29, 0.717) is 5.25 Å². The number of hydrogen-bond acceptors (Lipinski definition) is 2. The second-order valence-electron chi connectivity index (χ2n) is 4.22. The maximum atomic E-state index is 11.1. The third kappa shape index (κ3) is 9.44. The van der Waals surface area contributed by atoms with Gasteiger partial charge in [-0.2, -0.15) is 0 Å². The Labute approximate surface area is 92.1 Å². The van der Waals surface area contributed by atoms with Crippen molar-refractivity contribution in [3.05, 3.63) is 0 Å². The Balaban J connectivity index is 4.20. The van der Waals surface area contributed by atoms with Gasteiger partial charge in [-0.3, -0.25) is 4.79 Å². The maximum absolute atomic E-state index is 11.1. The van der Waals surface area contributed by atoms with Crippen LogP contribution in [0.1, 0.15) is 13.8 Å². The number of carbonyl (C=O) groups is 1. The first-order valence-electron chi connectivity index (χ1n) is 4.55. The van der Waals surface area contributed by atoms with Gasteiger partial charge in [0.1, 0.15) is 8.07 Å². The lowest BCUT2D eigenvalue weighted by Crippen LogP contribution is -2.16. The van der Waals surface area contributed by atoms with Gasteiger partial charge in [-0.1, -0.05) is 45.3 Å². The molecule has 76 valence electrons. The molecule has 0 N–H and O–H groups in total. The van der Waals surface area contributed by atoms with Crippen LogP contribution < -0.4 is 0 Å². The highest BCUT2D eigenvalue weighted by Gasteiger charge is 2.07. The fourth-order valence-electron chi connectivity index (χ4n) is 0.469. The summed E-state index contributed by atoms with van der Waals surface area (Å²) in [5, 5.41) is 3.18. The fourth-order valence-corrected chi connectivity index (χ4v) is 1.35. The first-order chi connectivity index (χ1) is 6.31. The Morgan fingerprint density at radius 1 is 1.21 bits per heavy atom. The van der Waals surface area contributed by atoms with Crippen molar-refractivity contribution in [3.63, 3.8) is 0 Å². The van der Waals surface area contributed by atoms with Crippen LogP contribution in [-0.2, 0) is 4.79 Å². The molecule has 0 saturated carbocycles. The molecule has 0 aromatic rings. The normalized spacial score (nSPS) is 9.86. The largest absolute Gasteiger partial charge is 0.279 e. The molecule has 0 unspecified atom stereocenters. The van der Waals surface area contributed by atoms with E-state index < -0.39 is 8.07 Å². The van der Waals surface area contributed by atoms with Gasteiger partial charge in [-0.25, -0.2) is 0 Å². The number of ketones is 1. The SMILES string of the molecule is CC(C)SC#CC(=O)C#C[Si](C)(C)C. The molecule has 0 aliphatic rings. The van der Waals surface area contributed by atoms with Crippen LogP contribution in [0, 0.1) is 22.6 Å². The Morgan fingerprint density at radius 3 is 2.21 bits per heavy atom. The van der Waals surface area contributed by atoms with E-state index in [1.165, 1.54) is 11.8 Å². The molecule has 0 amide bonds. The fraction of sp³-hybridized carbons (Fsp3) is 0.545. The topological polar surface area (TPSA) is 17.1 Å². The number of Topliss-reactive ketones (excluding diaryl/α,β-unsaturated/α-hetero) is 1. The van der Waals surface area contributed by atoms with Gasteiger partial charge in [-0.15, -0.1) is 5.54 Å². The molecule has 0 aliphatic carbocycles. The predicted molar refractivity (Wildman–Crippen MR) is 66.6 cm³/mol. The van der Waals surface area contributed by atoms with Crippen molar-refractivity contribution in [2.45, 2.75) is 38.7 Å². The molecule has 1 nitrogen and oxygen atoms in total. The summed E-state index contributed by atoms with van der Waals surface area (Å²) < 4.78 is 0. The zero-order valence-electron chi connectivity index (χ0n) is 9.39. The minimum Gasteiger partial charge on any atom is -0.270 e. The smallest absolute Gasteiger partial charge is 0.270 e. The van der Waals surface area contributed by atoms with Crippen molar-refractivity contribution >= 4 is 25.6 Å². The van der Waals surface area contributed by atoms with Crippen LogP contribution in [0.3, 0.4) is 0 Å². The van der Waals surface area contributed by atoms with E-state index in [2.05, 4.69) is 42.3 Å². The van der Waals surface area contributed by atoms with Crippen LogP contribution in [0.5, 0.6) is 0 Å². The number of rotatable bonds is 1. The van der Waals surface area contributed by atoms with Gasteiger partial charge in [0.05, 0.1) is 0 Å². The summed E-state index contributed by atoms with van der Waals surface area (Å²) in [6.07, 6.45) is 0.